The molecule has 0 atom stereocenters. The lowest BCUT2D eigenvalue weighted by molar-refractivity contribution is 0.102. The van der Waals surface area contributed by atoms with E-state index in [1.807, 2.05) is 37.3 Å². The number of aromatic amines is 1. The van der Waals surface area contributed by atoms with Gasteiger partial charge in [0.2, 0.25) is 0 Å². The van der Waals surface area contributed by atoms with Crippen molar-refractivity contribution in [2.24, 2.45) is 0 Å². The van der Waals surface area contributed by atoms with Crippen LogP contribution >= 0.6 is 0 Å². The van der Waals surface area contributed by atoms with Gasteiger partial charge in [0, 0.05) is 18.4 Å². The molecule has 1 aromatic carbocycles. The minimum atomic E-state index is -0.578. The van der Waals surface area contributed by atoms with Gasteiger partial charge in [-0.3, -0.25) is 14.4 Å². The van der Waals surface area contributed by atoms with Gasteiger partial charge in [0.05, 0.1) is 0 Å². The molecule has 0 bridgehead atoms. The number of hydrogen-bond donors (Lipinski definition) is 2. The third kappa shape index (κ3) is 4.11. The van der Waals surface area contributed by atoms with E-state index in [2.05, 4.69) is 10.3 Å². The predicted octanol–water partition coefficient (Wildman–Crippen LogP) is 2.96. The van der Waals surface area contributed by atoms with Gasteiger partial charge in [-0.25, -0.2) is 0 Å². The number of nitrogens with one attached hydrogen (secondary N) is 2. The summed E-state index contributed by atoms with van der Waals surface area (Å²) in [6.45, 7) is 5.80. The van der Waals surface area contributed by atoms with Gasteiger partial charge >= 0.3 is 0 Å². The topological polar surface area (TPSA) is 84.0 Å². The van der Waals surface area contributed by atoms with Crippen molar-refractivity contribution < 1.29 is 4.79 Å². The molecule has 0 aliphatic heterocycles. The number of amides is 1. The van der Waals surface area contributed by atoms with E-state index in [0.717, 1.165) is 16.8 Å². The Morgan fingerprint density at radius 2 is 1.75 bits per heavy atom. The number of aryl methyl sites for hydroxylation is 5. The summed E-state index contributed by atoms with van der Waals surface area (Å²) in [6.07, 6.45) is 2.38. The van der Waals surface area contributed by atoms with Gasteiger partial charge in [-0.05, 0) is 56.0 Å². The standard InChI is InChI=1S/C22H23N3O3/c1-14-9-11-25(12-10-17-7-5-4-6-8-17)22(28)19(14)21(27)24-18-13-15(2)16(3)23-20(18)26/h4-9,11,13H,10,12H2,1-3H3,(H,23,26)(H,24,27). The Kier molecular flexibility index (Phi) is 5.59. The fourth-order valence-electron chi connectivity index (χ4n) is 3.02. The molecule has 0 aliphatic carbocycles. The molecule has 3 aromatic rings. The number of H-pyrrole nitrogens is 1. The summed E-state index contributed by atoms with van der Waals surface area (Å²) in [4.78, 5) is 40.4. The molecule has 0 fully saturated rings. The van der Waals surface area contributed by atoms with Crippen LogP contribution in [0.1, 0.15) is 32.7 Å². The fraction of sp³-hybridized carbons (Fsp3) is 0.227. The van der Waals surface area contributed by atoms with E-state index in [-0.39, 0.29) is 16.8 Å². The molecule has 3 rings (SSSR count). The second kappa shape index (κ2) is 8.08. The maximum atomic E-state index is 12.9. The van der Waals surface area contributed by atoms with E-state index in [0.29, 0.717) is 18.5 Å². The number of pyridine rings is 2. The molecule has 2 N–H and O–H groups in total. The van der Waals surface area contributed by atoms with E-state index in [9.17, 15) is 14.4 Å². The normalized spacial score (nSPS) is 10.7. The van der Waals surface area contributed by atoms with Crippen LogP contribution in [0.2, 0.25) is 0 Å². The lowest BCUT2D eigenvalue weighted by atomic mass is 10.1. The number of carbonyl (C=O) groups is 1. The maximum absolute atomic E-state index is 12.9. The Morgan fingerprint density at radius 3 is 2.46 bits per heavy atom. The first kappa shape index (κ1) is 19.4. The third-order valence-corrected chi connectivity index (χ3v) is 4.83. The predicted molar refractivity (Wildman–Crippen MR) is 110 cm³/mol. The zero-order valence-electron chi connectivity index (χ0n) is 16.2. The summed E-state index contributed by atoms with van der Waals surface area (Å²) in [7, 11) is 0. The highest BCUT2D eigenvalue weighted by Gasteiger charge is 2.17. The molecule has 0 radical (unpaired) electrons. The van der Waals surface area contributed by atoms with Crippen molar-refractivity contribution in [3.8, 4) is 0 Å². The van der Waals surface area contributed by atoms with Crippen LogP contribution in [0, 0.1) is 20.8 Å². The first-order valence-electron chi connectivity index (χ1n) is 9.12. The van der Waals surface area contributed by atoms with E-state index >= 15 is 0 Å². The van der Waals surface area contributed by atoms with Gasteiger partial charge in [0.1, 0.15) is 11.3 Å². The molecule has 0 saturated carbocycles. The largest absolute Gasteiger partial charge is 0.324 e. The van der Waals surface area contributed by atoms with Crippen LogP contribution in [-0.2, 0) is 13.0 Å². The van der Waals surface area contributed by atoms with Crippen LogP contribution in [0.5, 0.6) is 0 Å². The number of rotatable bonds is 5. The minimum Gasteiger partial charge on any atom is -0.324 e. The zero-order chi connectivity index (χ0) is 20.3. The Hall–Kier alpha value is -3.41. The fourth-order valence-corrected chi connectivity index (χ4v) is 3.02. The smallest absolute Gasteiger partial charge is 0.271 e. The van der Waals surface area contributed by atoms with Gasteiger partial charge < -0.3 is 14.9 Å². The van der Waals surface area contributed by atoms with Crippen LogP contribution in [0.15, 0.2) is 58.3 Å². The monoisotopic (exact) mass is 377 g/mol. The van der Waals surface area contributed by atoms with Gasteiger partial charge in [-0.2, -0.15) is 0 Å². The van der Waals surface area contributed by atoms with Crippen molar-refractivity contribution >= 4 is 11.6 Å². The molecule has 28 heavy (non-hydrogen) atoms. The average Bonchev–Trinajstić information content (AvgIpc) is 2.66. The van der Waals surface area contributed by atoms with Crippen LogP contribution in [0.4, 0.5) is 5.69 Å². The van der Waals surface area contributed by atoms with Gasteiger partial charge in [-0.1, -0.05) is 30.3 Å². The quantitative estimate of drug-likeness (QED) is 0.717. The SMILES string of the molecule is Cc1cc(NC(=O)c2c(C)ccn(CCc3ccccc3)c2=O)c(=O)[nH]c1C. The molecule has 1 amide bonds. The van der Waals surface area contributed by atoms with Crippen LogP contribution in [-0.4, -0.2) is 15.5 Å². The summed E-state index contributed by atoms with van der Waals surface area (Å²) in [5.41, 5.74) is 2.69. The highest BCUT2D eigenvalue weighted by molar-refractivity contribution is 6.04. The summed E-state index contributed by atoms with van der Waals surface area (Å²) < 4.78 is 1.53. The molecule has 144 valence electrons. The Morgan fingerprint density at radius 1 is 1.04 bits per heavy atom. The van der Waals surface area contributed by atoms with Crippen molar-refractivity contribution in [1.29, 1.82) is 0 Å². The maximum Gasteiger partial charge on any atom is 0.271 e. The van der Waals surface area contributed by atoms with Crippen molar-refractivity contribution in [3.63, 3.8) is 0 Å². The van der Waals surface area contributed by atoms with Crippen molar-refractivity contribution in [1.82, 2.24) is 9.55 Å². The second-order valence-electron chi connectivity index (χ2n) is 6.88. The molecule has 2 aromatic heterocycles. The van der Waals surface area contributed by atoms with Crippen LogP contribution in [0.25, 0.3) is 0 Å². The zero-order valence-corrected chi connectivity index (χ0v) is 16.2. The Bertz CT molecular complexity index is 1130. The van der Waals surface area contributed by atoms with E-state index < -0.39 is 11.5 Å². The summed E-state index contributed by atoms with van der Waals surface area (Å²) in [6, 6.07) is 13.2. The van der Waals surface area contributed by atoms with E-state index in [4.69, 9.17) is 0 Å². The molecule has 6 nitrogen and oxygen atoms in total. The van der Waals surface area contributed by atoms with Gasteiger partial charge in [-0.15, -0.1) is 0 Å². The second-order valence-corrected chi connectivity index (χ2v) is 6.88. The first-order valence-corrected chi connectivity index (χ1v) is 9.12. The first-order chi connectivity index (χ1) is 13.4. The van der Waals surface area contributed by atoms with Crippen molar-refractivity contribution in [2.75, 3.05) is 5.32 Å². The number of nitrogens with zero attached hydrogens (tertiary/aromatic N) is 1. The molecular formula is C22H23N3O3. The average molecular weight is 377 g/mol. The summed E-state index contributed by atoms with van der Waals surface area (Å²) in [5.74, 6) is -0.578. The summed E-state index contributed by atoms with van der Waals surface area (Å²) >= 11 is 0. The number of aromatic nitrogens is 2. The molecule has 0 aliphatic rings. The Labute approximate surface area is 162 Å². The minimum absolute atomic E-state index is 0.0492. The van der Waals surface area contributed by atoms with Gasteiger partial charge in [0.15, 0.2) is 0 Å². The van der Waals surface area contributed by atoms with Crippen LogP contribution < -0.4 is 16.4 Å². The molecular weight excluding hydrogens is 354 g/mol. The molecule has 2 heterocycles. The number of carbonyl (C=O) groups excluding carboxylic acids is 1. The highest BCUT2D eigenvalue weighted by Crippen LogP contribution is 2.10. The van der Waals surface area contributed by atoms with E-state index in [1.165, 1.54) is 4.57 Å². The van der Waals surface area contributed by atoms with Crippen LogP contribution in [0.3, 0.4) is 0 Å². The van der Waals surface area contributed by atoms with E-state index in [1.54, 1.807) is 32.2 Å². The molecule has 0 saturated heterocycles. The third-order valence-electron chi connectivity index (χ3n) is 4.83. The number of anilines is 1. The number of benzene rings is 1. The Balaban J connectivity index is 1.87. The molecule has 0 spiro atoms. The highest BCUT2D eigenvalue weighted by atomic mass is 16.2. The number of hydrogen-bond acceptors (Lipinski definition) is 3. The van der Waals surface area contributed by atoms with Crippen molar-refractivity contribution in [3.05, 3.63) is 97.3 Å². The molecule has 6 heteroatoms. The summed E-state index contributed by atoms with van der Waals surface area (Å²) in [5, 5.41) is 2.58. The lowest BCUT2D eigenvalue weighted by Crippen LogP contribution is -2.32. The van der Waals surface area contributed by atoms with Gasteiger partial charge in [0.25, 0.3) is 17.0 Å². The molecule has 0 unspecified atom stereocenters. The van der Waals surface area contributed by atoms with Crippen molar-refractivity contribution in [2.45, 2.75) is 33.7 Å². The lowest BCUT2D eigenvalue weighted by Gasteiger charge is -2.12.